The van der Waals surface area contributed by atoms with Crippen molar-refractivity contribution in [2.24, 2.45) is 5.92 Å². The topological polar surface area (TPSA) is 48.0 Å². The molecule has 1 heterocycles. The van der Waals surface area contributed by atoms with E-state index < -0.39 is 0 Å². The Morgan fingerprint density at radius 1 is 1.21 bits per heavy atom. The molecule has 0 aromatic carbocycles. The second kappa shape index (κ2) is 9.28. The van der Waals surface area contributed by atoms with E-state index in [0.29, 0.717) is 19.8 Å². The molecule has 0 aromatic heterocycles. The first-order chi connectivity index (χ1) is 9.21. The van der Waals surface area contributed by atoms with Crippen LogP contribution in [0.4, 0.5) is 0 Å². The van der Waals surface area contributed by atoms with Crippen LogP contribution in [-0.2, 0) is 19.0 Å². The summed E-state index contributed by atoms with van der Waals surface area (Å²) < 4.78 is 16.2. The normalized spacial score (nSPS) is 20.7. The van der Waals surface area contributed by atoms with Gasteiger partial charge in [0, 0.05) is 26.3 Å². The molecule has 1 aliphatic rings. The van der Waals surface area contributed by atoms with Crippen molar-refractivity contribution < 1.29 is 19.0 Å². The molecule has 0 saturated carbocycles. The fourth-order valence-electron chi connectivity index (χ4n) is 2.41. The zero-order valence-electron chi connectivity index (χ0n) is 12.4. The first-order valence-corrected chi connectivity index (χ1v) is 7.33. The van der Waals surface area contributed by atoms with Gasteiger partial charge in [-0.25, -0.2) is 0 Å². The van der Waals surface area contributed by atoms with E-state index in [0.717, 1.165) is 32.5 Å². The van der Waals surface area contributed by atoms with Gasteiger partial charge in [0.15, 0.2) is 6.29 Å². The second-order valence-corrected chi connectivity index (χ2v) is 4.69. The number of likely N-dealkylation sites (tertiary alicyclic amines) is 1. The summed E-state index contributed by atoms with van der Waals surface area (Å²) >= 11 is 0. The van der Waals surface area contributed by atoms with Crippen LogP contribution in [0.1, 0.15) is 33.6 Å². The lowest BCUT2D eigenvalue weighted by Gasteiger charge is -2.33. The molecule has 0 aliphatic carbocycles. The molecule has 0 aromatic rings. The van der Waals surface area contributed by atoms with Crippen molar-refractivity contribution >= 4 is 5.97 Å². The summed E-state index contributed by atoms with van der Waals surface area (Å²) in [6, 6.07) is 0. The molecule has 0 bridgehead atoms. The molecule has 5 nitrogen and oxygen atoms in total. The molecular weight excluding hydrogens is 246 g/mol. The Morgan fingerprint density at radius 2 is 1.89 bits per heavy atom. The molecule has 5 heteroatoms. The van der Waals surface area contributed by atoms with E-state index in [1.807, 2.05) is 20.8 Å². The maximum atomic E-state index is 11.8. The van der Waals surface area contributed by atoms with Gasteiger partial charge in [-0.15, -0.1) is 0 Å². The standard InChI is InChI=1S/C14H27NO4/c1-4-17-13(18-5-2)11-15-9-7-8-12(10-15)14(16)19-6-3/h12-13H,4-11H2,1-3H3/t12-/m0/s1. The first-order valence-electron chi connectivity index (χ1n) is 7.33. The van der Waals surface area contributed by atoms with Gasteiger partial charge < -0.3 is 14.2 Å². The number of ether oxygens (including phenoxy) is 3. The molecule has 1 rings (SSSR count). The zero-order chi connectivity index (χ0) is 14.1. The Labute approximate surface area is 116 Å². The van der Waals surface area contributed by atoms with Gasteiger partial charge in [0.25, 0.3) is 0 Å². The van der Waals surface area contributed by atoms with Gasteiger partial charge in [0.05, 0.1) is 12.5 Å². The average molecular weight is 273 g/mol. The highest BCUT2D eigenvalue weighted by molar-refractivity contribution is 5.72. The number of carbonyl (C=O) groups excluding carboxylic acids is 1. The van der Waals surface area contributed by atoms with Gasteiger partial charge in [-0.1, -0.05) is 0 Å². The van der Waals surface area contributed by atoms with Crippen molar-refractivity contribution in [3.8, 4) is 0 Å². The minimum Gasteiger partial charge on any atom is -0.466 e. The van der Waals surface area contributed by atoms with Crippen LogP contribution in [0.15, 0.2) is 0 Å². The summed E-state index contributed by atoms with van der Waals surface area (Å²) in [6.07, 6.45) is 1.74. The highest BCUT2D eigenvalue weighted by atomic mass is 16.7. The Balaban J connectivity index is 2.42. The quantitative estimate of drug-likeness (QED) is 0.497. The summed E-state index contributed by atoms with van der Waals surface area (Å²) in [6.45, 7) is 9.96. The number of hydrogen-bond donors (Lipinski definition) is 0. The Bertz CT molecular complexity index is 254. The maximum absolute atomic E-state index is 11.8. The zero-order valence-corrected chi connectivity index (χ0v) is 12.4. The molecule has 0 amide bonds. The molecule has 19 heavy (non-hydrogen) atoms. The number of nitrogens with zero attached hydrogens (tertiary/aromatic N) is 1. The molecule has 0 unspecified atom stereocenters. The van der Waals surface area contributed by atoms with Crippen molar-refractivity contribution in [2.75, 3.05) is 39.5 Å². The highest BCUT2D eigenvalue weighted by Crippen LogP contribution is 2.18. The summed E-state index contributed by atoms with van der Waals surface area (Å²) in [5.41, 5.74) is 0. The number of carbonyl (C=O) groups is 1. The third-order valence-corrected chi connectivity index (χ3v) is 3.24. The second-order valence-electron chi connectivity index (χ2n) is 4.69. The lowest BCUT2D eigenvalue weighted by atomic mass is 9.98. The van der Waals surface area contributed by atoms with Gasteiger partial charge >= 0.3 is 5.97 Å². The summed E-state index contributed by atoms with van der Waals surface area (Å²) in [5.74, 6) is -0.0748. The van der Waals surface area contributed by atoms with E-state index in [4.69, 9.17) is 14.2 Å². The van der Waals surface area contributed by atoms with Crippen LogP contribution in [0.25, 0.3) is 0 Å². The highest BCUT2D eigenvalue weighted by Gasteiger charge is 2.28. The molecule has 0 spiro atoms. The van der Waals surface area contributed by atoms with Crippen LogP contribution in [0.3, 0.4) is 0 Å². The van der Waals surface area contributed by atoms with Gasteiger partial charge in [-0.05, 0) is 40.2 Å². The number of piperidine rings is 1. The van der Waals surface area contributed by atoms with Crippen molar-refractivity contribution in [1.29, 1.82) is 0 Å². The average Bonchev–Trinajstić information content (AvgIpc) is 2.40. The Morgan fingerprint density at radius 3 is 2.47 bits per heavy atom. The van der Waals surface area contributed by atoms with Crippen LogP contribution >= 0.6 is 0 Å². The largest absolute Gasteiger partial charge is 0.466 e. The van der Waals surface area contributed by atoms with Crippen molar-refractivity contribution in [2.45, 2.75) is 39.9 Å². The summed E-state index contributed by atoms with van der Waals surface area (Å²) in [5, 5.41) is 0. The van der Waals surface area contributed by atoms with Crippen LogP contribution in [0.2, 0.25) is 0 Å². The Kier molecular flexibility index (Phi) is 8.02. The van der Waals surface area contributed by atoms with E-state index >= 15 is 0 Å². The SMILES string of the molecule is CCOC(=O)[C@H]1CCCN(CC(OCC)OCC)C1. The van der Waals surface area contributed by atoms with Crippen molar-refractivity contribution in [1.82, 2.24) is 4.90 Å². The van der Waals surface area contributed by atoms with Gasteiger partial charge in [0.2, 0.25) is 0 Å². The minimum atomic E-state index is -0.198. The molecule has 1 fully saturated rings. The molecular formula is C14H27NO4. The maximum Gasteiger partial charge on any atom is 0.310 e. The third kappa shape index (κ3) is 5.89. The van der Waals surface area contributed by atoms with E-state index in [2.05, 4.69) is 4.90 Å². The van der Waals surface area contributed by atoms with Gasteiger partial charge in [0.1, 0.15) is 0 Å². The molecule has 1 atom stereocenters. The molecule has 1 aliphatic heterocycles. The first kappa shape index (κ1) is 16.4. The van der Waals surface area contributed by atoms with Crippen LogP contribution < -0.4 is 0 Å². The monoisotopic (exact) mass is 273 g/mol. The van der Waals surface area contributed by atoms with E-state index in [-0.39, 0.29) is 18.2 Å². The molecule has 0 radical (unpaired) electrons. The fraction of sp³-hybridized carbons (Fsp3) is 0.929. The lowest BCUT2D eigenvalue weighted by molar-refractivity contribution is -0.158. The van der Waals surface area contributed by atoms with E-state index in [1.54, 1.807) is 0 Å². The van der Waals surface area contributed by atoms with Crippen LogP contribution in [0.5, 0.6) is 0 Å². The number of hydrogen-bond acceptors (Lipinski definition) is 5. The predicted molar refractivity (Wildman–Crippen MR) is 72.8 cm³/mol. The van der Waals surface area contributed by atoms with Crippen molar-refractivity contribution in [3.63, 3.8) is 0 Å². The third-order valence-electron chi connectivity index (χ3n) is 3.24. The van der Waals surface area contributed by atoms with E-state index in [1.165, 1.54) is 0 Å². The number of esters is 1. The number of rotatable bonds is 8. The predicted octanol–water partition coefficient (Wildman–Crippen LogP) is 1.66. The molecule has 0 N–H and O–H groups in total. The van der Waals surface area contributed by atoms with Crippen LogP contribution in [0, 0.1) is 5.92 Å². The van der Waals surface area contributed by atoms with Gasteiger partial charge in [-0.3, -0.25) is 9.69 Å². The Hall–Kier alpha value is -0.650. The van der Waals surface area contributed by atoms with Gasteiger partial charge in [-0.2, -0.15) is 0 Å². The van der Waals surface area contributed by atoms with Crippen molar-refractivity contribution in [3.05, 3.63) is 0 Å². The summed E-state index contributed by atoms with van der Waals surface area (Å²) in [4.78, 5) is 14.0. The summed E-state index contributed by atoms with van der Waals surface area (Å²) in [7, 11) is 0. The van der Waals surface area contributed by atoms with Crippen LogP contribution in [-0.4, -0.2) is 56.6 Å². The lowest BCUT2D eigenvalue weighted by Crippen LogP contribution is -2.44. The fourth-order valence-corrected chi connectivity index (χ4v) is 2.41. The van der Waals surface area contributed by atoms with E-state index in [9.17, 15) is 4.79 Å². The minimum absolute atomic E-state index is 0.00222. The molecule has 1 saturated heterocycles. The smallest absolute Gasteiger partial charge is 0.310 e. The molecule has 112 valence electrons.